The van der Waals surface area contributed by atoms with Gasteiger partial charge in [-0.15, -0.1) is 0 Å². The van der Waals surface area contributed by atoms with Gasteiger partial charge in [0.05, 0.1) is 9.79 Å². The van der Waals surface area contributed by atoms with E-state index in [2.05, 4.69) is 10.6 Å². The van der Waals surface area contributed by atoms with E-state index < -0.39 is 36.2 Å². The molecule has 0 aliphatic carbocycles. The summed E-state index contributed by atoms with van der Waals surface area (Å²) in [6.45, 7) is 0.469. The van der Waals surface area contributed by atoms with Crippen molar-refractivity contribution in [2.24, 2.45) is 0 Å². The zero-order valence-electron chi connectivity index (χ0n) is 24.5. The summed E-state index contributed by atoms with van der Waals surface area (Å²) in [7, 11) is -9.95. The maximum absolute atomic E-state index is 12.4. The van der Waals surface area contributed by atoms with Crippen molar-refractivity contribution in [1.29, 1.82) is 0 Å². The number of carbonyl (C=O) groups is 2. The van der Waals surface area contributed by atoms with Crippen LogP contribution in [0.2, 0.25) is 0 Å². The normalized spacial score (nSPS) is 11.2. The number of hydrogen-bond donors (Lipinski definition) is 2. The Hall–Kier alpha value is -2.34. The van der Waals surface area contributed by atoms with Crippen molar-refractivity contribution in [3.63, 3.8) is 0 Å². The van der Waals surface area contributed by atoms with Crippen LogP contribution in [0.15, 0.2) is 94.7 Å². The van der Waals surface area contributed by atoms with Gasteiger partial charge in [0.2, 0.25) is 0 Å². The molecule has 4 aromatic carbocycles. The van der Waals surface area contributed by atoms with Crippen LogP contribution in [0.5, 0.6) is 5.75 Å². The Bertz CT molecular complexity index is 1850. The molecule has 0 saturated carbocycles. The standard InChI is InChI=1S/C29H28N2O10S2.2Na/c32-28(31-15-3-14-30-18-24-11-13-26(42(34,35)36)17-27(24)43(37,38)39)22-8-6-20(7-9-22)19-40-29(33)41-25-12-10-21-4-1-2-5-23(21)16-25;;/h1-2,4-13,16-17,30H,3,14-15,18-19H2,(H,31,32)(H,34,35,36)(H,37,38,39);;/q;2*+1/p-2. The fourth-order valence-corrected chi connectivity index (χ4v) is 5.36. The van der Waals surface area contributed by atoms with E-state index >= 15 is 0 Å². The van der Waals surface area contributed by atoms with Gasteiger partial charge >= 0.3 is 65.3 Å². The Labute approximate surface area is 305 Å². The summed E-state index contributed by atoms with van der Waals surface area (Å²) in [5.41, 5.74) is 1.04. The van der Waals surface area contributed by atoms with Crippen LogP contribution in [0.3, 0.4) is 0 Å². The molecule has 0 aromatic heterocycles. The van der Waals surface area contributed by atoms with E-state index in [0.29, 0.717) is 35.9 Å². The summed E-state index contributed by atoms with van der Waals surface area (Å²) in [4.78, 5) is 22.9. The van der Waals surface area contributed by atoms with Crippen LogP contribution in [-0.4, -0.2) is 51.1 Å². The predicted molar refractivity (Wildman–Crippen MR) is 152 cm³/mol. The van der Waals surface area contributed by atoms with Crippen LogP contribution in [0, 0.1) is 0 Å². The fraction of sp³-hybridized carbons (Fsp3) is 0.172. The van der Waals surface area contributed by atoms with Crippen LogP contribution < -0.4 is 74.5 Å². The number of hydrogen-bond acceptors (Lipinski definition) is 11. The molecule has 0 bridgehead atoms. The van der Waals surface area contributed by atoms with Crippen LogP contribution in [0.25, 0.3) is 10.8 Å². The van der Waals surface area contributed by atoms with Gasteiger partial charge in [-0.3, -0.25) is 4.79 Å². The van der Waals surface area contributed by atoms with Gasteiger partial charge in [0, 0.05) is 18.7 Å². The summed E-state index contributed by atoms with van der Waals surface area (Å²) in [5, 5.41) is 7.58. The second-order valence-electron chi connectivity index (χ2n) is 9.31. The smallest absolute Gasteiger partial charge is 0.744 e. The first-order valence-electron chi connectivity index (χ1n) is 12.9. The third-order valence-electron chi connectivity index (χ3n) is 6.22. The van der Waals surface area contributed by atoms with E-state index in [1.165, 1.54) is 0 Å². The Morgan fingerprint density at radius 3 is 2.11 bits per heavy atom. The van der Waals surface area contributed by atoms with Crippen LogP contribution >= 0.6 is 0 Å². The van der Waals surface area contributed by atoms with E-state index in [9.17, 15) is 35.5 Å². The molecular formula is C29H26N2Na2O10S2. The molecule has 0 heterocycles. The van der Waals surface area contributed by atoms with Crippen molar-refractivity contribution in [3.05, 3.63) is 102 Å². The number of fused-ring (bicyclic) bond motifs is 1. The van der Waals surface area contributed by atoms with E-state index in [0.717, 1.165) is 22.9 Å². The first-order valence-corrected chi connectivity index (χ1v) is 15.7. The van der Waals surface area contributed by atoms with Crippen molar-refractivity contribution in [2.75, 3.05) is 13.1 Å². The summed E-state index contributed by atoms with van der Waals surface area (Å²) in [6.07, 6.45) is -0.410. The van der Waals surface area contributed by atoms with Crippen LogP contribution in [-0.2, 0) is 38.1 Å². The number of ether oxygens (including phenoxy) is 2. The number of benzene rings is 4. The number of carbonyl (C=O) groups excluding carboxylic acids is 2. The SMILES string of the molecule is O=C(OCc1ccc(C(=O)NCCCNCc2ccc(S(=O)(=O)[O-])cc2S(=O)(=O)[O-])cc1)Oc1ccc2ccccc2c1.[Na+].[Na+]. The molecule has 4 aromatic rings. The molecular weight excluding hydrogens is 646 g/mol. The van der Waals surface area contributed by atoms with Crippen molar-refractivity contribution >= 4 is 43.1 Å². The number of rotatable bonds is 12. The number of nitrogens with one attached hydrogen (secondary N) is 2. The molecule has 0 fully saturated rings. The van der Waals surface area contributed by atoms with Crippen molar-refractivity contribution < 1.29 is 104 Å². The van der Waals surface area contributed by atoms with Gasteiger partial charge in [0.25, 0.3) is 5.91 Å². The van der Waals surface area contributed by atoms with E-state index in [1.54, 1.807) is 36.4 Å². The monoisotopic (exact) mass is 672 g/mol. The largest absolute Gasteiger partial charge is 1.00 e. The zero-order chi connectivity index (χ0) is 31.0. The van der Waals surface area contributed by atoms with Gasteiger partial charge in [-0.1, -0.05) is 48.5 Å². The molecule has 45 heavy (non-hydrogen) atoms. The Morgan fingerprint density at radius 1 is 0.756 bits per heavy atom. The van der Waals surface area contributed by atoms with Gasteiger partial charge in [-0.05, 0) is 71.3 Å². The second-order valence-corrected chi connectivity index (χ2v) is 12.0. The molecule has 0 unspecified atom stereocenters. The first kappa shape index (κ1) is 38.8. The molecule has 16 heteroatoms. The van der Waals surface area contributed by atoms with Gasteiger partial charge in [0.1, 0.15) is 32.6 Å². The molecule has 0 aliphatic rings. The third kappa shape index (κ3) is 11.8. The van der Waals surface area contributed by atoms with Crippen LogP contribution in [0.1, 0.15) is 27.9 Å². The summed E-state index contributed by atoms with van der Waals surface area (Å²) in [6, 6.07) is 21.9. The molecule has 12 nitrogen and oxygen atoms in total. The fourth-order valence-electron chi connectivity index (χ4n) is 4.06. The van der Waals surface area contributed by atoms with E-state index in [4.69, 9.17) is 9.47 Å². The maximum Gasteiger partial charge on any atom is 1.00 e. The minimum Gasteiger partial charge on any atom is -0.744 e. The van der Waals surface area contributed by atoms with E-state index in [1.807, 2.05) is 30.3 Å². The molecule has 4 rings (SSSR count). The van der Waals surface area contributed by atoms with Crippen LogP contribution in [0.4, 0.5) is 4.79 Å². The van der Waals surface area contributed by atoms with E-state index in [-0.39, 0.29) is 90.3 Å². The molecule has 0 spiro atoms. The topological polar surface area (TPSA) is 191 Å². The molecule has 2 N–H and O–H groups in total. The van der Waals surface area contributed by atoms with Crippen molar-refractivity contribution in [3.8, 4) is 5.75 Å². The molecule has 0 atom stereocenters. The minimum absolute atomic E-state index is 0. The van der Waals surface area contributed by atoms with Gasteiger partial charge in [-0.2, -0.15) is 0 Å². The average Bonchev–Trinajstić information content (AvgIpc) is 2.97. The summed E-state index contributed by atoms with van der Waals surface area (Å²) >= 11 is 0. The quantitative estimate of drug-likeness (QED) is 0.0523. The number of amides is 1. The molecule has 226 valence electrons. The Balaban J connectivity index is 0.00000353. The van der Waals surface area contributed by atoms with Crippen molar-refractivity contribution in [1.82, 2.24) is 10.6 Å². The van der Waals surface area contributed by atoms with Gasteiger partial charge in [-0.25, -0.2) is 21.6 Å². The Kier molecular flexibility index (Phi) is 15.1. The second kappa shape index (κ2) is 17.5. The Morgan fingerprint density at radius 2 is 1.44 bits per heavy atom. The predicted octanol–water partition coefficient (Wildman–Crippen LogP) is -2.72. The first-order chi connectivity index (χ1) is 20.4. The minimum atomic E-state index is -5.02. The summed E-state index contributed by atoms with van der Waals surface area (Å²) in [5.74, 6) is 0.0236. The third-order valence-corrected chi connectivity index (χ3v) is 7.97. The molecule has 0 saturated heterocycles. The maximum atomic E-state index is 12.4. The average molecular weight is 673 g/mol. The van der Waals surface area contributed by atoms with Gasteiger partial charge < -0.3 is 29.2 Å². The molecule has 0 aliphatic heterocycles. The van der Waals surface area contributed by atoms with Crippen molar-refractivity contribution in [2.45, 2.75) is 29.4 Å². The molecule has 1 amide bonds. The van der Waals surface area contributed by atoms with Gasteiger partial charge in [0.15, 0.2) is 0 Å². The summed E-state index contributed by atoms with van der Waals surface area (Å²) < 4.78 is 78.4. The molecule has 0 radical (unpaired) electrons. The zero-order valence-corrected chi connectivity index (χ0v) is 30.2.